The Kier molecular flexibility index (Phi) is 5.74. The quantitative estimate of drug-likeness (QED) is 0.592. The maximum Gasteiger partial charge on any atom is 0.274 e. The predicted octanol–water partition coefficient (Wildman–Crippen LogP) is 4.12. The zero-order chi connectivity index (χ0) is 20.4. The molecule has 0 radical (unpaired) electrons. The van der Waals surface area contributed by atoms with Gasteiger partial charge in [-0.1, -0.05) is 23.7 Å². The van der Waals surface area contributed by atoms with E-state index in [1.165, 1.54) is 18.0 Å². The number of fused-ring (bicyclic) bond motifs is 1. The minimum Gasteiger partial charge on any atom is -0.376 e. The van der Waals surface area contributed by atoms with Crippen molar-refractivity contribution in [2.45, 2.75) is 39.3 Å². The van der Waals surface area contributed by atoms with Crippen LogP contribution in [0.25, 0.3) is 10.9 Å². The molecule has 1 atom stereocenters. The van der Waals surface area contributed by atoms with Gasteiger partial charge in [0.15, 0.2) is 0 Å². The number of hydrogen-bond acceptors (Lipinski definition) is 5. The molecular weight excluding hydrogens is 388 g/mol. The molecule has 1 aliphatic rings. The molecule has 2 aromatic heterocycles. The molecule has 150 valence electrons. The third-order valence-electron chi connectivity index (χ3n) is 5.42. The minimum atomic E-state index is -0.190. The Morgan fingerprint density at radius 2 is 2.17 bits per heavy atom. The summed E-state index contributed by atoms with van der Waals surface area (Å²) in [4.78, 5) is 27.7. The van der Waals surface area contributed by atoms with Gasteiger partial charge in [0, 0.05) is 43.0 Å². The highest BCUT2D eigenvalue weighted by molar-refractivity contribution is 6.30. The number of nitrogens with zero attached hydrogens (tertiary/aromatic N) is 4. The molecule has 0 saturated carbocycles. The van der Waals surface area contributed by atoms with Crippen LogP contribution in [0.2, 0.25) is 5.15 Å². The molecule has 7 heteroatoms. The first-order valence-electron chi connectivity index (χ1n) is 9.75. The first kappa shape index (κ1) is 19.7. The predicted molar refractivity (Wildman–Crippen MR) is 112 cm³/mol. The van der Waals surface area contributed by atoms with Crippen LogP contribution >= 0.6 is 11.6 Å². The third kappa shape index (κ3) is 4.23. The molecule has 0 unspecified atom stereocenters. The highest BCUT2D eigenvalue weighted by atomic mass is 35.5. The van der Waals surface area contributed by atoms with Crippen LogP contribution < -0.4 is 0 Å². The van der Waals surface area contributed by atoms with E-state index in [0.29, 0.717) is 23.9 Å². The van der Waals surface area contributed by atoms with Crippen molar-refractivity contribution in [2.24, 2.45) is 0 Å². The van der Waals surface area contributed by atoms with Crippen molar-refractivity contribution in [1.82, 2.24) is 19.9 Å². The van der Waals surface area contributed by atoms with Gasteiger partial charge < -0.3 is 9.64 Å². The number of benzene rings is 1. The molecule has 1 saturated heterocycles. The number of hydrogen-bond donors (Lipinski definition) is 0. The first-order valence-corrected chi connectivity index (χ1v) is 10.1. The van der Waals surface area contributed by atoms with Crippen molar-refractivity contribution < 1.29 is 9.53 Å². The molecule has 1 aliphatic heterocycles. The molecule has 0 bridgehead atoms. The Morgan fingerprint density at radius 1 is 1.31 bits per heavy atom. The second-order valence-electron chi connectivity index (χ2n) is 7.43. The molecule has 0 N–H and O–H groups in total. The summed E-state index contributed by atoms with van der Waals surface area (Å²) in [6.07, 6.45) is 6.52. The highest BCUT2D eigenvalue weighted by Gasteiger charge is 2.25. The van der Waals surface area contributed by atoms with Crippen LogP contribution in [-0.4, -0.2) is 45.0 Å². The van der Waals surface area contributed by atoms with Gasteiger partial charge in [0.25, 0.3) is 5.91 Å². The summed E-state index contributed by atoms with van der Waals surface area (Å²) in [5.74, 6) is -0.190. The summed E-state index contributed by atoms with van der Waals surface area (Å²) in [7, 11) is 0. The maximum absolute atomic E-state index is 13.1. The van der Waals surface area contributed by atoms with Gasteiger partial charge in [-0.2, -0.15) is 0 Å². The maximum atomic E-state index is 13.1. The lowest BCUT2D eigenvalue weighted by molar-refractivity contribution is 0.0502. The molecule has 1 fully saturated rings. The van der Waals surface area contributed by atoms with E-state index in [4.69, 9.17) is 16.3 Å². The molecular formula is C22H23ClN4O2. The van der Waals surface area contributed by atoms with E-state index in [1.54, 1.807) is 11.1 Å². The highest BCUT2D eigenvalue weighted by Crippen LogP contribution is 2.26. The number of carbonyl (C=O) groups excluding carboxylic acids is 1. The van der Waals surface area contributed by atoms with Gasteiger partial charge in [0.2, 0.25) is 0 Å². The van der Waals surface area contributed by atoms with Crippen LogP contribution in [0, 0.1) is 13.8 Å². The molecule has 29 heavy (non-hydrogen) atoms. The van der Waals surface area contributed by atoms with Crippen molar-refractivity contribution in [3.63, 3.8) is 0 Å². The second-order valence-corrected chi connectivity index (χ2v) is 7.79. The van der Waals surface area contributed by atoms with E-state index in [0.717, 1.165) is 41.5 Å². The number of pyridine rings is 1. The Hall–Kier alpha value is -2.57. The molecule has 4 rings (SSSR count). The van der Waals surface area contributed by atoms with E-state index in [1.807, 2.05) is 19.1 Å². The third-order valence-corrected chi connectivity index (χ3v) is 5.74. The van der Waals surface area contributed by atoms with Crippen LogP contribution in [0.4, 0.5) is 0 Å². The van der Waals surface area contributed by atoms with Crippen LogP contribution in [-0.2, 0) is 11.3 Å². The van der Waals surface area contributed by atoms with Crippen molar-refractivity contribution in [2.75, 3.05) is 13.2 Å². The first-order chi connectivity index (χ1) is 14.0. The Labute approximate surface area is 174 Å². The van der Waals surface area contributed by atoms with Gasteiger partial charge in [-0.05, 0) is 43.9 Å². The Morgan fingerprint density at radius 3 is 2.90 bits per heavy atom. The number of ether oxygens (including phenoxy) is 1. The van der Waals surface area contributed by atoms with Crippen LogP contribution in [0.3, 0.4) is 0 Å². The summed E-state index contributed by atoms with van der Waals surface area (Å²) in [6.45, 7) is 5.65. The van der Waals surface area contributed by atoms with Crippen molar-refractivity contribution in [3.8, 4) is 0 Å². The molecule has 0 aliphatic carbocycles. The fourth-order valence-corrected chi connectivity index (χ4v) is 3.84. The summed E-state index contributed by atoms with van der Waals surface area (Å²) in [5.41, 5.74) is 4.29. The fourth-order valence-electron chi connectivity index (χ4n) is 3.65. The van der Waals surface area contributed by atoms with Gasteiger partial charge in [0.1, 0.15) is 10.8 Å². The number of halogens is 1. The summed E-state index contributed by atoms with van der Waals surface area (Å²) >= 11 is 6.53. The lowest BCUT2D eigenvalue weighted by atomic mass is 10.0. The second kappa shape index (κ2) is 8.43. The lowest BCUT2D eigenvalue weighted by Gasteiger charge is -2.25. The van der Waals surface area contributed by atoms with Gasteiger partial charge in [-0.15, -0.1) is 0 Å². The summed E-state index contributed by atoms with van der Waals surface area (Å²) in [6, 6.07) is 6.13. The normalized spacial score (nSPS) is 16.3. The van der Waals surface area contributed by atoms with Gasteiger partial charge >= 0.3 is 0 Å². The average Bonchev–Trinajstić information content (AvgIpc) is 3.25. The lowest BCUT2D eigenvalue weighted by Crippen LogP contribution is -2.37. The largest absolute Gasteiger partial charge is 0.376 e. The zero-order valence-corrected chi connectivity index (χ0v) is 17.3. The number of amides is 1. The van der Waals surface area contributed by atoms with E-state index in [2.05, 4.69) is 27.9 Å². The monoisotopic (exact) mass is 410 g/mol. The number of aryl methyl sites for hydroxylation is 2. The molecule has 3 heterocycles. The topological polar surface area (TPSA) is 68.2 Å². The molecule has 3 aromatic rings. The Bertz CT molecular complexity index is 1040. The van der Waals surface area contributed by atoms with E-state index in [-0.39, 0.29) is 12.0 Å². The van der Waals surface area contributed by atoms with Crippen LogP contribution in [0.15, 0.2) is 36.8 Å². The molecule has 1 aromatic carbocycles. The zero-order valence-electron chi connectivity index (χ0n) is 16.6. The number of rotatable bonds is 5. The van der Waals surface area contributed by atoms with Gasteiger partial charge in [-0.25, -0.2) is 9.97 Å². The SMILES string of the molecule is Cc1ccc2cc(CN(C[C@@H]3CCCO3)C(=O)c3cnccn3)c(Cl)nc2c1C. The van der Waals surface area contributed by atoms with E-state index in [9.17, 15) is 4.79 Å². The summed E-state index contributed by atoms with van der Waals surface area (Å²) in [5, 5.41) is 1.42. The van der Waals surface area contributed by atoms with Crippen molar-refractivity contribution in [1.29, 1.82) is 0 Å². The van der Waals surface area contributed by atoms with Crippen molar-refractivity contribution >= 4 is 28.4 Å². The van der Waals surface area contributed by atoms with Crippen LogP contribution in [0.5, 0.6) is 0 Å². The smallest absolute Gasteiger partial charge is 0.274 e. The van der Waals surface area contributed by atoms with Crippen molar-refractivity contribution in [3.05, 3.63) is 64.3 Å². The van der Waals surface area contributed by atoms with Crippen LogP contribution in [0.1, 0.15) is 40.0 Å². The fraction of sp³-hybridized carbons (Fsp3) is 0.364. The Balaban J connectivity index is 1.67. The van der Waals surface area contributed by atoms with E-state index < -0.39 is 0 Å². The molecule has 6 nitrogen and oxygen atoms in total. The summed E-state index contributed by atoms with van der Waals surface area (Å²) < 4.78 is 5.76. The standard InChI is InChI=1S/C22H23ClN4O2/c1-14-5-6-16-10-17(21(23)26-20(16)15(14)2)12-27(13-18-4-3-9-29-18)22(28)19-11-24-7-8-25-19/h5-8,10-11,18H,3-4,9,12-13H2,1-2H3/t18-/m0/s1. The average molecular weight is 411 g/mol. The number of carbonyl (C=O) groups is 1. The minimum absolute atomic E-state index is 0.0210. The molecule has 1 amide bonds. The van der Waals surface area contributed by atoms with E-state index >= 15 is 0 Å². The van der Waals surface area contributed by atoms with Gasteiger partial charge in [-0.3, -0.25) is 9.78 Å². The van der Waals surface area contributed by atoms with Gasteiger partial charge in [0.05, 0.1) is 17.8 Å². The number of aromatic nitrogens is 3. The molecule has 0 spiro atoms.